The predicted octanol–water partition coefficient (Wildman–Crippen LogP) is 5.88. The van der Waals surface area contributed by atoms with Gasteiger partial charge in [-0.25, -0.2) is 14.6 Å². The number of hydrogen-bond acceptors (Lipinski definition) is 8. The zero-order valence-corrected chi connectivity index (χ0v) is 31.1. The van der Waals surface area contributed by atoms with E-state index in [2.05, 4.69) is 87.1 Å². The molecule has 2 aromatic heterocycles. The van der Waals surface area contributed by atoms with E-state index < -0.39 is 25.9 Å². The largest absolute Gasteiger partial charge is 0.534 e. The number of hydrogen-bond donors (Lipinski definition) is 1. The van der Waals surface area contributed by atoms with Crippen molar-refractivity contribution < 1.29 is 23.5 Å². The molecular formula is C40H40ClN3O6Si. The molecule has 262 valence electrons. The van der Waals surface area contributed by atoms with Crippen LogP contribution in [0.2, 0.25) is 5.04 Å². The number of pyridine rings is 2. The number of carbonyl (C=O) groups is 2. The van der Waals surface area contributed by atoms with Crippen LogP contribution < -0.4 is 25.2 Å². The Labute approximate surface area is 302 Å². The van der Waals surface area contributed by atoms with E-state index in [1.807, 2.05) is 24.3 Å². The minimum absolute atomic E-state index is 0.0715. The number of esters is 2. The van der Waals surface area contributed by atoms with Gasteiger partial charge in [-0.1, -0.05) is 95.3 Å². The van der Waals surface area contributed by atoms with Crippen molar-refractivity contribution in [2.24, 2.45) is 0 Å². The van der Waals surface area contributed by atoms with Crippen LogP contribution >= 0.6 is 11.8 Å². The lowest BCUT2D eigenvalue weighted by molar-refractivity contribution is -0.188. The van der Waals surface area contributed by atoms with Crippen molar-refractivity contribution in [3.63, 3.8) is 0 Å². The third-order valence-electron chi connectivity index (χ3n) is 10.3. The van der Waals surface area contributed by atoms with Crippen molar-refractivity contribution in [3.05, 3.63) is 118 Å². The van der Waals surface area contributed by atoms with Gasteiger partial charge in [0.2, 0.25) is 5.60 Å². The number of aryl methyl sites for hydroxylation is 1. The number of nitrogens with zero attached hydrogens (tertiary/aromatic N) is 2. The Hall–Kier alpha value is -4.77. The minimum atomic E-state index is -2.89. The summed E-state index contributed by atoms with van der Waals surface area (Å²) in [5.41, 5.74) is 2.51. The summed E-state index contributed by atoms with van der Waals surface area (Å²) in [5.74, 6) is -0.712. The number of cyclic esters (lactones) is 1. The van der Waals surface area contributed by atoms with Crippen LogP contribution in [-0.4, -0.2) is 36.4 Å². The molecule has 0 fully saturated rings. The van der Waals surface area contributed by atoms with Crippen LogP contribution in [-0.2, 0) is 44.2 Å². The zero-order chi connectivity index (χ0) is 36.1. The molecule has 0 saturated carbocycles. The number of benzene rings is 3. The second kappa shape index (κ2) is 13.1. The molecule has 1 atom stereocenters. The molecule has 5 aromatic rings. The first-order valence-corrected chi connectivity index (χ1v) is 19.5. The summed E-state index contributed by atoms with van der Waals surface area (Å²) in [6.45, 7) is 10.3. The number of carbonyl (C=O) groups excluding carboxylic acids is 2. The summed E-state index contributed by atoms with van der Waals surface area (Å²) in [6, 6.07) is 28.9. The zero-order valence-electron chi connectivity index (χ0n) is 29.3. The lowest BCUT2D eigenvalue weighted by Gasteiger charge is -2.43. The third kappa shape index (κ3) is 5.48. The minimum Gasteiger partial charge on any atom is -0.534 e. The smallest absolute Gasteiger partial charge is 0.355 e. The third-order valence-corrected chi connectivity index (χ3v) is 15.4. The molecule has 3 aromatic carbocycles. The Kier molecular flexibility index (Phi) is 8.89. The van der Waals surface area contributed by atoms with Crippen LogP contribution in [0.3, 0.4) is 0 Å². The molecular weight excluding hydrogens is 682 g/mol. The summed E-state index contributed by atoms with van der Waals surface area (Å²) in [5, 5.41) is 3.10. The van der Waals surface area contributed by atoms with Crippen molar-refractivity contribution in [2.75, 3.05) is 6.54 Å². The molecule has 0 amide bonds. The molecule has 0 radical (unpaired) electrons. The molecule has 2 aliphatic rings. The van der Waals surface area contributed by atoms with Crippen LogP contribution in [0, 0.1) is 0 Å². The number of ether oxygens (including phenoxy) is 2. The standard InChI is InChI=1S/C40H40ClN3O6Si/c1-6-28-29-20-25(50-51(39(3,4)5,26-14-10-8-11-15-26)27-16-12-9-13-17-27)18-19-33(29)43-36-30(28)23-44-34(36)21-32-31(37(44)46)24-48-38(47)40(32,7-2)49-35(45)22-42-41/h8-21,42H,6-7,22-24H2,1-5H3/t40-/m0/s1. The van der Waals surface area contributed by atoms with Crippen LogP contribution in [0.5, 0.6) is 5.75 Å². The maximum Gasteiger partial charge on any atom is 0.355 e. The van der Waals surface area contributed by atoms with Gasteiger partial charge in [0.1, 0.15) is 18.9 Å². The van der Waals surface area contributed by atoms with Gasteiger partial charge >= 0.3 is 20.3 Å². The summed E-state index contributed by atoms with van der Waals surface area (Å²) >= 11 is 5.56. The predicted molar refractivity (Wildman–Crippen MR) is 200 cm³/mol. The van der Waals surface area contributed by atoms with Crippen molar-refractivity contribution in [2.45, 2.75) is 71.3 Å². The number of aromatic nitrogens is 2. The maximum absolute atomic E-state index is 14.1. The molecule has 0 spiro atoms. The fourth-order valence-electron chi connectivity index (χ4n) is 7.88. The van der Waals surface area contributed by atoms with E-state index in [-0.39, 0.29) is 35.7 Å². The Bertz CT molecular complexity index is 2200. The van der Waals surface area contributed by atoms with E-state index in [1.165, 1.54) is 10.4 Å². The monoisotopic (exact) mass is 721 g/mol. The normalized spacial score (nSPS) is 16.6. The molecule has 0 unspecified atom stereocenters. The highest BCUT2D eigenvalue weighted by Gasteiger charge is 2.53. The number of nitrogens with one attached hydrogen (secondary N) is 1. The van der Waals surface area contributed by atoms with Crippen LogP contribution in [0.1, 0.15) is 63.3 Å². The van der Waals surface area contributed by atoms with Gasteiger partial charge in [0, 0.05) is 16.5 Å². The Morgan fingerprint density at radius 3 is 2.24 bits per heavy atom. The average molecular weight is 722 g/mol. The molecule has 9 nitrogen and oxygen atoms in total. The highest BCUT2D eigenvalue weighted by molar-refractivity contribution is 7.00. The first kappa shape index (κ1) is 34.7. The van der Waals surface area contributed by atoms with Crippen molar-refractivity contribution in [1.82, 2.24) is 14.4 Å². The summed E-state index contributed by atoms with van der Waals surface area (Å²) in [6.07, 6.45) is 0.762. The lowest BCUT2D eigenvalue weighted by atomic mass is 9.85. The quantitative estimate of drug-likeness (QED) is 0.112. The Morgan fingerprint density at radius 1 is 0.980 bits per heavy atom. The average Bonchev–Trinajstić information content (AvgIpc) is 3.49. The summed E-state index contributed by atoms with van der Waals surface area (Å²) < 4.78 is 20.2. The van der Waals surface area contributed by atoms with Gasteiger partial charge in [-0.05, 0) is 69.9 Å². The van der Waals surface area contributed by atoms with E-state index in [9.17, 15) is 14.4 Å². The molecule has 0 aliphatic carbocycles. The highest BCUT2D eigenvalue weighted by Crippen LogP contribution is 2.43. The molecule has 0 bridgehead atoms. The van der Waals surface area contributed by atoms with Crippen LogP contribution in [0.25, 0.3) is 22.3 Å². The van der Waals surface area contributed by atoms with E-state index in [4.69, 9.17) is 30.7 Å². The van der Waals surface area contributed by atoms with E-state index in [0.717, 1.165) is 27.8 Å². The van der Waals surface area contributed by atoms with E-state index in [0.29, 0.717) is 29.9 Å². The maximum atomic E-state index is 14.1. The molecule has 1 N–H and O–H groups in total. The first-order valence-electron chi connectivity index (χ1n) is 17.2. The number of halogens is 1. The molecule has 4 heterocycles. The second-order valence-corrected chi connectivity index (χ2v) is 18.6. The van der Waals surface area contributed by atoms with Crippen LogP contribution in [0.4, 0.5) is 0 Å². The van der Waals surface area contributed by atoms with Gasteiger partial charge in [-0.3, -0.25) is 9.59 Å². The van der Waals surface area contributed by atoms with Crippen molar-refractivity contribution in [1.29, 1.82) is 0 Å². The Balaban J connectivity index is 1.38. The lowest BCUT2D eigenvalue weighted by Crippen LogP contribution is -2.68. The van der Waals surface area contributed by atoms with Gasteiger partial charge < -0.3 is 18.5 Å². The molecule has 51 heavy (non-hydrogen) atoms. The topological polar surface area (TPSA) is 109 Å². The van der Waals surface area contributed by atoms with Crippen molar-refractivity contribution in [3.8, 4) is 17.1 Å². The van der Waals surface area contributed by atoms with Gasteiger partial charge in [-0.15, -0.1) is 0 Å². The van der Waals surface area contributed by atoms with Gasteiger partial charge in [0.15, 0.2) is 0 Å². The first-order chi connectivity index (χ1) is 24.5. The van der Waals surface area contributed by atoms with E-state index >= 15 is 0 Å². The van der Waals surface area contributed by atoms with Gasteiger partial charge in [-0.2, -0.15) is 0 Å². The van der Waals surface area contributed by atoms with Crippen LogP contribution in [0.15, 0.2) is 89.7 Å². The van der Waals surface area contributed by atoms with E-state index in [1.54, 1.807) is 17.6 Å². The Morgan fingerprint density at radius 2 is 1.65 bits per heavy atom. The fourth-order valence-corrected chi connectivity index (χ4v) is 12.4. The SMILES string of the molecule is CCc1c2c(nc3ccc(O[Si](c4ccccc4)(c4ccccc4)C(C)(C)C)cc13)-c1cc3c(c(=O)n1C2)COC(=O)[C@@]3(CC)OC(=O)CNCl. The molecule has 0 saturated heterocycles. The highest BCUT2D eigenvalue weighted by atomic mass is 35.5. The fraction of sp³-hybridized carbons (Fsp3) is 0.300. The molecule has 2 aliphatic heterocycles. The molecule has 11 heteroatoms. The van der Waals surface area contributed by atoms with Gasteiger partial charge in [0.25, 0.3) is 5.56 Å². The van der Waals surface area contributed by atoms with Crippen molar-refractivity contribution >= 4 is 53.3 Å². The molecule has 7 rings (SSSR count). The number of fused-ring (bicyclic) bond motifs is 5. The van der Waals surface area contributed by atoms with Gasteiger partial charge in [0.05, 0.1) is 29.0 Å². The summed E-state index contributed by atoms with van der Waals surface area (Å²) in [7, 11) is -2.89. The summed E-state index contributed by atoms with van der Waals surface area (Å²) in [4.78, 5) is 47.4. The second-order valence-electron chi connectivity index (χ2n) is 14.1. The number of rotatable bonds is 9.